The summed E-state index contributed by atoms with van der Waals surface area (Å²) in [6.45, 7) is 12.5. The van der Waals surface area contributed by atoms with Crippen molar-refractivity contribution in [2.24, 2.45) is 0 Å². The largest absolute Gasteiger partial charge is 0.480 e. The Bertz CT molecular complexity index is 1280. The highest BCUT2D eigenvalue weighted by atomic mass is 32.1. The van der Waals surface area contributed by atoms with Crippen LogP contribution in [0.5, 0.6) is 5.88 Å². The number of anilines is 2. The molecule has 0 unspecified atom stereocenters. The Kier molecular flexibility index (Phi) is 7.86. The van der Waals surface area contributed by atoms with Gasteiger partial charge in [-0.3, -0.25) is 9.80 Å². The minimum absolute atomic E-state index is 0.315. The molecule has 6 rings (SSSR count). The van der Waals surface area contributed by atoms with Crippen molar-refractivity contribution in [3.05, 3.63) is 23.2 Å². The normalized spacial score (nSPS) is 23.9. The zero-order valence-electron chi connectivity index (χ0n) is 23.1. The molecule has 11 heteroatoms. The number of pyridine rings is 1. The van der Waals surface area contributed by atoms with Crippen molar-refractivity contribution in [2.75, 3.05) is 70.2 Å². The Balaban J connectivity index is 1.25. The molecule has 0 amide bonds. The summed E-state index contributed by atoms with van der Waals surface area (Å²) in [5.74, 6) is 1.16. The van der Waals surface area contributed by atoms with E-state index in [0.29, 0.717) is 43.0 Å². The minimum atomic E-state index is 0.315. The summed E-state index contributed by atoms with van der Waals surface area (Å²) in [4.78, 5) is 22.0. The average Bonchev–Trinajstić information content (AvgIpc) is 3.35. The topological polar surface area (TPSA) is 102 Å². The summed E-state index contributed by atoms with van der Waals surface area (Å²) in [6, 6.07) is 2.54. The molecule has 3 aliphatic heterocycles. The molecule has 0 aliphatic carbocycles. The number of nitrogens with two attached hydrogens (primary N) is 1. The number of likely N-dealkylation sites (tertiary alicyclic amines) is 1. The number of ether oxygens (including phenoxy) is 3. The van der Waals surface area contributed by atoms with Gasteiger partial charge in [0.25, 0.3) is 0 Å². The summed E-state index contributed by atoms with van der Waals surface area (Å²) in [5.41, 5.74) is 10.8. The maximum absolute atomic E-state index is 6.23. The van der Waals surface area contributed by atoms with E-state index in [0.717, 1.165) is 73.2 Å². The highest BCUT2D eigenvalue weighted by Crippen LogP contribution is 2.37. The quantitative estimate of drug-likeness (QED) is 0.489. The van der Waals surface area contributed by atoms with Crippen molar-refractivity contribution >= 4 is 33.2 Å². The molecule has 3 fully saturated rings. The molecule has 210 valence electrons. The molecule has 2 N–H and O–H groups in total. The van der Waals surface area contributed by atoms with Crippen LogP contribution in [0.4, 0.5) is 11.6 Å². The van der Waals surface area contributed by atoms with Crippen LogP contribution in [0.3, 0.4) is 0 Å². The third-order valence-corrected chi connectivity index (χ3v) is 9.06. The smallest absolute Gasteiger partial charge is 0.236 e. The first-order valence-electron chi connectivity index (χ1n) is 14.0. The second-order valence-electron chi connectivity index (χ2n) is 11.0. The van der Waals surface area contributed by atoms with Crippen molar-refractivity contribution in [1.82, 2.24) is 24.8 Å². The van der Waals surface area contributed by atoms with E-state index in [9.17, 15) is 0 Å². The molecule has 0 spiro atoms. The molecule has 3 aliphatic rings. The Labute approximate surface area is 234 Å². The van der Waals surface area contributed by atoms with E-state index < -0.39 is 0 Å². The lowest BCUT2D eigenvalue weighted by molar-refractivity contribution is -0.0865. The highest BCUT2D eigenvalue weighted by Gasteiger charge is 2.31. The summed E-state index contributed by atoms with van der Waals surface area (Å²) >= 11 is 1.70. The van der Waals surface area contributed by atoms with Crippen LogP contribution in [0.25, 0.3) is 21.5 Å². The van der Waals surface area contributed by atoms with Crippen LogP contribution in [0.1, 0.15) is 32.3 Å². The summed E-state index contributed by atoms with van der Waals surface area (Å²) < 4.78 is 17.9. The van der Waals surface area contributed by atoms with Crippen LogP contribution in [-0.2, 0) is 16.0 Å². The zero-order chi connectivity index (χ0) is 26.9. The summed E-state index contributed by atoms with van der Waals surface area (Å²) in [5, 5.41) is 2.25. The van der Waals surface area contributed by atoms with Crippen molar-refractivity contribution in [3.8, 4) is 17.1 Å². The lowest BCUT2D eigenvalue weighted by Gasteiger charge is -2.43. The average molecular weight is 554 g/mol. The first-order valence-corrected chi connectivity index (χ1v) is 14.9. The molecule has 39 heavy (non-hydrogen) atoms. The fraction of sp³-hybridized carbons (Fsp3) is 0.607. The lowest BCUT2D eigenvalue weighted by atomic mass is 10.0. The van der Waals surface area contributed by atoms with Gasteiger partial charge in [-0.2, -0.15) is 0 Å². The van der Waals surface area contributed by atoms with Gasteiger partial charge in [-0.25, -0.2) is 15.0 Å². The van der Waals surface area contributed by atoms with Gasteiger partial charge in [-0.05, 0) is 51.2 Å². The van der Waals surface area contributed by atoms with E-state index >= 15 is 0 Å². The van der Waals surface area contributed by atoms with Crippen LogP contribution in [0.15, 0.2) is 17.6 Å². The summed E-state index contributed by atoms with van der Waals surface area (Å²) in [7, 11) is 1.58. The number of morpholine rings is 2. The number of hydrogen-bond acceptors (Lipinski definition) is 11. The molecule has 0 bridgehead atoms. The van der Waals surface area contributed by atoms with Gasteiger partial charge < -0.3 is 24.8 Å². The number of fused-ring (bicyclic) bond motifs is 1. The van der Waals surface area contributed by atoms with Crippen molar-refractivity contribution < 1.29 is 14.2 Å². The Morgan fingerprint density at radius 3 is 2.51 bits per heavy atom. The van der Waals surface area contributed by atoms with Gasteiger partial charge in [0.15, 0.2) is 0 Å². The van der Waals surface area contributed by atoms with E-state index in [2.05, 4.69) is 38.9 Å². The lowest BCUT2D eigenvalue weighted by Crippen LogP contribution is -2.53. The predicted octanol–water partition coefficient (Wildman–Crippen LogP) is 3.25. The van der Waals surface area contributed by atoms with Gasteiger partial charge in [0.05, 0.1) is 54.1 Å². The van der Waals surface area contributed by atoms with Gasteiger partial charge in [0, 0.05) is 56.1 Å². The van der Waals surface area contributed by atoms with Crippen molar-refractivity contribution in [1.29, 1.82) is 0 Å². The molecule has 0 saturated carbocycles. The molecule has 0 radical (unpaired) electrons. The molecule has 3 aromatic heterocycles. The van der Waals surface area contributed by atoms with Crippen LogP contribution in [0, 0.1) is 0 Å². The van der Waals surface area contributed by atoms with Crippen molar-refractivity contribution in [3.63, 3.8) is 0 Å². The third-order valence-electron chi connectivity index (χ3n) is 8.03. The Morgan fingerprint density at radius 2 is 1.82 bits per heavy atom. The van der Waals surface area contributed by atoms with Gasteiger partial charge >= 0.3 is 0 Å². The number of thiophene rings is 1. The zero-order valence-corrected chi connectivity index (χ0v) is 24.0. The fourth-order valence-corrected chi connectivity index (χ4v) is 7.14. The van der Waals surface area contributed by atoms with Crippen LogP contribution < -0.4 is 15.4 Å². The number of rotatable bonds is 6. The minimum Gasteiger partial charge on any atom is -0.480 e. The second kappa shape index (κ2) is 11.5. The SMILES string of the molecule is COc1ncc(-c2nc(N3CCOCC3)nc3c(CN4CCC(N5C[C@@H](C)O[C@@H](C)C5)CC4)csc23)cc1N. The number of nitrogens with zero attached hydrogens (tertiary/aromatic N) is 6. The molecule has 2 atom stereocenters. The number of piperidine rings is 1. The van der Waals surface area contributed by atoms with Gasteiger partial charge in [-0.15, -0.1) is 11.3 Å². The van der Waals surface area contributed by atoms with E-state index in [1.165, 1.54) is 18.4 Å². The predicted molar refractivity (Wildman–Crippen MR) is 155 cm³/mol. The molecular weight excluding hydrogens is 514 g/mol. The third kappa shape index (κ3) is 5.69. The van der Waals surface area contributed by atoms with E-state index in [1.54, 1.807) is 24.6 Å². The Morgan fingerprint density at radius 1 is 1.08 bits per heavy atom. The maximum atomic E-state index is 6.23. The van der Waals surface area contributed by atoms with Crippen LogP contribution in [0.2, 0.25) is 0 Å². The monoisotopic (exact) mass is 553 g/mol. The molecule has 3 aromatic rings. The molecule has 6 heterocycles. The number of methoxy groups -OCH3 is 1. The van der Waals surface area contributed by atoms with E-state index in [1.807, 2.05) is 6.07 Å². The molecular formula is C28H39N7O3S. The molecule has 3 saturated heterocycles. The van der Waals surface area contributed by atoms with E-state index in [4.69, 9.17) is 29.9 Å². The molecule has 10 nitrogen and oxygen atoms in total. The maximum Gasteiger partial charge on any atom is 0.236 e. The highest BCUT2D eigenvalue weighted by molar-refractivity contribution is 7.17. The Hall–Kier alpha value is -2.57. The second-order valence-corrected chi connectivity index (χ2v) is 11.8. The number of hydrogen-bond donors (Lipinski definition) is 1. The van der Waals surface area contributed by atoms with Gasteiger partial charge in [0.1, 0.15) is 0 Å². The standard InChI is InChI=1S/C28H39N7O3S/c1-18-14-35(15-19(2)38-18)22-4-6-33(7-5-22)16-21-17-39-26-24(20-12-23(29)27(36-3)30-13-20)31-28(32-25(21)26)34-8-10-37-11-9-34/h12-13,17-19,22H,4-11,14-16,29H2,1-3H3/t18-,19+. The fourth-order valence-electron chi connectivity index (χ4n) is 6.14. The summed E-state index contributed by atoms with van der Waals surface area (Å²) in [6.07, 6.45) is 4.80. The first-order chi connectivity index (χ1) is 19.0. The number of nitrogen functional groups attached to an aromatic ring is 1. The van der Waals surface area contributed by atoms with E-state index in [-0.39, 0.29) is 0 Å². The van der Waals surface area contributed by atoms with Gasteiger partial charge in [0.2, 0.25) is 11.8 Å². The first kappa shape index (κ1) is 26.6. The van der Waals surface area contributed by atoms with Crippen LogP contribution >= 0.6 is 11.3 Å². The number of aromatic nitrogens is 3. The molecule has 0 aromatic carbocycles. The van der Waals surface area contributed by atoms with Crippen molar-refractivity contribution in [2.45, 2.75) is 51.5 Å². The van der Waals surface area contributed by atoms with Gasteiger partial charge in [-0.1, -0.05) is 0 Å². The van der Waals surface area contributed by atoms with Crippen LogP contribution in [-0.4, -0.2) is 103 Å².